The SMILES string of the molecule is CC(CSC(C)(C)C)NCc1ccc(N2CCN(C)CC2)nc1. The second-order valence-electron chi connectivity index (χ2n) is 7.52. The molecule has 1 atom stereocenters. The molecule has 4 nitrogen and oxygen atoms in total. The highest BCUT2D eigenvalue weighted by Gasteiger charge is 2.15. The van der Waals surface area contributed by atoms with Crippen LogP contribution in [0.2, 0.25) is 0 Å². The molecule has 1 aliphatic heterocycles. The monoisotopic (exact) mass is 336 g/mol. The third kappa shape index (κ3) is 6.69. The molecule has 1 N–H and O–H groups in total. The van der Waals surface area contributed by atoms with E-state index in [2.05, 4.69) is 67.0 Å². The number of hydrogen-bond acceptors (Lipinski definition) is 5. The van der Waals surface area contributed by atoms with Crippen LogP contribution >= 0.6 is 11.8 Å². The zero-order chi connectivity index (χ0) is 16.9. The van der Waals surface area contributed by atoms with Gasteiger partial charge in [-0.2, -0.15) is 11.8 Å². The molecule has 0 aliphatic carbocycles. The lowest BCUT2D eigenvalue weighted by atomic mass is 10.2. The Morgan fingerprint density at radius 3 is 2.48 bits per heavy atom. The van der Waals surface area contributed by atoms with Gasteiger partial charge in [0.1, 0.15) is 5.82 Å². The molecule has 1 aliphatic rings. The van der Waals surface area contributed by atoms with E-state index in [1.807, 2.05) is 18.0 Å². The van der Waals surface area contributed by atoms with Gasteiger partial charge in [-0.3, -0.25) is 0 Å². The van der Waals surface area contributed by atoms with Gasteiger partial charge in [-0.05, 0) is 25.6 Å². The van der Waals surface area contributed by atoms with Crippen LogP contribution in [0, 0.1) is 0 Å². The second-order valence-corrected chi connectivity index (χ2v) is 9.37. The zero-order valence-electron chi connectivity index (χ0n) is 15.3. The van der Waals surface area contributed by atoms with E-state index in [4.69, 9.17) is 0 Å². The average molecular weight is 337 g/mol. The molecule has 0 aromatic carbocycles. The molecule has 1 unspecified atom stereocenters. The van der Waals surface area contributed by atoms with Crippen LogP contribution in [0.4, 0.5) is 5.82 Å². The highest BCUT2D eigenvalue weighted by molar-refractivity contribution is 8.00. The first-order valence-corrected chi connectivity index (χ1v) is 9.58. The molecule has 1 fully saturated rings. The van der Waals surface area contributed by atoms with Crippen molar-refractivity contribution in [3.05, 3.63) is 23.9 Å². The predicted octanol–water partition coefficient (Wildman–Crippen LogP) is 2.84. The number of rotatable bonds is 6. The normalized spacial score (nSPS) is 18.2. The molecule has 0 spiro atoms. The molecule has 2 rings (SSSR count). The minimum atomic E-state index is 0.335. The zero-order valence-corrected chi connectivity index (χ0v) is 16.1. The lowest BCUT2D eigenvalue weighted by Gasteiger charge is -2.33. The molecule has 130 valence electrons. The van der Waals surface area contributed by atoms with Crippen LogP contribution in [-0.4, -0.2) is 59.7 Å². The Morgan fingerprint density at radius 1 is 1.22 bits per heavy atom. The Kier molecular flexibility index (Phi) is 6.74. The van der Waals surface area contributed by atoms with E-state index in [0.717, 1.165) is 44.3 Å². The molecule has 23 heavy (non-hydrogen) atoms. The molecule has 0 bridgehead atoms. The summed E-state index contributed by atoms with van der Waals surface area (Å²) in [4.78, 5) is 9.39. The standard InChI is InChI=1S/C18H32N4S/c1-15(14-23-18(2,3)4)19-12-16-6-7-17(20-13-16)22-10-8-21(5)9-11-22/h6-7,13,15,19H,8-12,14H2,1-5H3. The molecule has 0 amide bonds. The molecule has 2 heterocycles. The Morgan fingerprint density at radius 2 is 1.91 bits per heavy atom. The fourth-order valence-electron chi connectivity index (χ4n) is 2.47. The molecule has 1 aromatic rings. The van der Waals surface area contributed by atoms with Gasteiger partial charge in [-0.1, -0.05) is 26.8 Å². The summed E-state index contributed by atoms with van der Waals surface area (Å²) in [5.74, 6) is 2.24. The quantitative estimate of drug-likeness (QED) is 0.863. The number of piperazine rings is 1. The topological polar surface area (TPSA) is 31.4 Å². The van der Waals surface area contributed by atoms with Crippen molar-refractivity contribution < 1.29 is 0 Å². The second kappa shape index (κ2) is 8.36. The van der Waals surface area contributed by atoms with E-state index in [9.17, 15) is 0 Å². The summed E-state index contributed by atoms with van der Waals surface area (Å²) in [5, 5.41) is 3.60. The fourth-order valence-corrected chi connectivity index (χ4v) is 3.34. The van der Waals surface area contributed by atoms with Gasteiger partial charge in [0.25, 0.3) is 0 Å². The summed E-state index contributed by atoms with van der Waals surface area (Å²) in [6.07, 6.45) is 2.02. The Balaban J connectivity index is 1.76. The van der Waals surface area contributed by atoms with Crippen LogP contribution in [0.1, 0.15) is 33.3 Å². The maximum absolute atomic E-state index is 4.65. The van der Waals surface area contributed by atoms with Crippen molar-refractivity contribution in [2.45, 2.75) is 45.0 Å². The Hall–Kier alpha value is -0.780. The number of nitrogens with one attached hydrogen (secondary N) is 1. The van der Waals surface area contributed by atoms with Gasteiger partial charge in [0, 0.05) is 55.5 Å². The summed E-state index contributed by atoms with van der Waals surface area (Å²) in [5.41, 5.74) is 1.26. The number of nitrogens with zero attached hydrogens (tertiary/aromatic N) is 3. The van der Waals surface area contributed by atoms with Crippen LogP contribution in [0.3, 0.4) is 0 Å². The van der Waals surface area contributed by atoms with Crippen molar-refractivity contribution in [2.24, 2.45) is 0 Å². The van der Waals surface area contributed by atoms with Gasteiger partial charge in [0.2, 0.25) is 0 Å². The maximum Gasteiger partial charge on any atom is 0.128 e. The first-order valence-electron chi connectivity index (χ1n) is 8.59. The number of aromatic nitrogens is 1. The van der Waals surface area contributed by atoms with Crippen molar-refractivity contribution in [2.75, 3.05) is 43.9 Å². The predicted molar refractivity (Wildman–Crippen MR) is 102 cm³/mol. The van der Waals surface area contributed by atoms with E-state index < -0.39 is 0 Å². The van der Waals surface area contributed by atoms with Crippen molar-refractivity contribution in [1.82, 2.24) is 15.2 Å². The summed E-state index contributed by atoms with van der Waals surface area (Å²) >= 11 is 2.01. The summed E-state index contributed by atoms with van der Waals surface area (Å²) < 4.78 is 0.335. The van der Waals surface area contributed by atoms with Crippen molar-refractivity contribution >= 4 is 17.6 Å². The number of anilines is 1. The summed E-state index contributed by atoms with van der Waals surface area (Å²) in [7, 11) is 2.18. The lowest BCUT2D eigenvalue weighted by Crippen LogP contribution is -2.44. The van der Waals surface area contributed by atoms with Gasteiger partial charge in [-0.15, -0.1) is 0 Å². The Bertz CT molecular complexity index is 461. The minimum Gasteiger partial charge on any atom is -0.354 e. The number of thioether (sulfide) groups is 1. The molecular formula is C18H32N4S. The van der Waals surface area contributed by atoms with Crippen LogP contribution in [0.5, 0.6) is 0 Å². The maximum atomic E-state index is 4.65. The molecule has 1 aromatic heterocycles. The third-order valence-electron chi connectivity index (χ3n) is 4.06. The fraction of sp³-hybridized carbons (Fsp3) is 0.722. The van der Waals surface area contributed by atoms with Crippen molar-refractivity contribution in [1.29, 1.82) is 0 Å². The van der Waals surface area contributed by atoms with E-state index in [1.165, 1.54) is 5.56 Å². The minimum absolute atomic E-state index is 0.335. The molecule has 0 saturated carbocycles. The molecule has 5 heteroatoms. The number of likely N-dealkylation sites (N-methyl/N-ethyl adjacent to an activating group) is 1. The highest BCUT2D eigenvalue weighted by atomic mass is 32.2. The Labute approximate surface area is 146 Å². The van der Waals surface area contributed by atoms with Crippen molar-refractivity contribution in [3.8, 4) is 0 Å². The summed E-state index contributed by atoms with van der Waals surface area (Å²) in [6.45, 7) is 14.3. The van der Waals surface area contributed by atoms with E-state index in [0.29, 0.717) is 10.8 Å². The highest BCUT2D eigenvalue weighted by Crippen LogP contribution is 2.23. The van der Waals surface area contributed by atoms with Gasteiger partial charge in [-0.25, -0.2) is 4.98 Å². The molecule has 1 saturated heterocycles. The van der Waals surface area contributed by atoms with Crippen LogP contribution in [0.25, 0.3) is 0 Å². The van der Waals surface area contributed by atoms with E-state index in [1.54, 1.807) is 0 Å². The van der Waals surface area contributed by atoms with Gasteiger partial charge >= 0.3 is 0 Å². The average Bonchev–Trinajstić information content (AvgIpc) is 2.51. The van der Waals surface area contributed by atoms with E-state index in [-0.39, 0.29) is 0 Å². The number of hydrogen-bond donors (Lipinski definition) is 1. The van der Waals surface area contributed by atoms with Crippen LogP contribution in [-0.2, 0) is 6.54 Å². The van der Waals surface area contributed by atoms with Crippen molar-refractivity contribution in [3.63, 3.8) is 0 Å². The first kappa shape index (κ1) is 18.6. The third-order valence-corrected chi connectivity index (χ3v) is 5.59. The first-order chi connectivity index (χ1) is 10.8. The lowest BCUT2D eigenvalue weighted by molar-refractivity contribution is 0.312. The van der Waals surface area contributed by atoms with Crippen LogP contribution in [0.15, 0.2) is 18.3 Å². The summed E-state index contributed by atoms with van der Waals surface area (Å²) in [6, 6.07) is 4.88. The largest absolute Gasteiger partial charge is 0.354 e. The van der Waals surface area contributed by atoms with Gasteiger partial charge in [0.15, 0.2) is 0 Å². The number of pyridine rings is 1. The smallest absolute Gasteiger partial charge is 0.128 e. The van der Waals surface area contributed by atoms with E-state index >= 15 is 0 Å². The van der Waals surface area contributed by atoms with Crippen LogP contribution < -0.4 is 10.2 Å². The van der Waals surface area contributed by atoms with Gasteiger partial charge < -0.3 is 15.1 Å². The van der Waals surface area contributed by atoms with Gasteiger partial charge in [0.05, 0.1) is 0 Å². The molecule has 0 radical (unpaired) electrons. The molecular weight excluding hydrogens is 304 g/mol.